The fourth-order valence-electron chi connectivity index (χ4n) is 2.19. The number of rotatable bonds is 4. The van der Waals surface area contributed by atoms with Crippen LogP contribution in [0.5, 0.6) is 0 Å². The van der Waals surface area contributed by atoms with E-state index in [-0.39, 0.29) is 0 Å². The molecule has 1 aromatic carbocycles. The van der Waals surface area contributed by atoms with Crippen molar-refractivity contribution in [1.82, 2.24) is 0 Å². The molecular formula is C17H17BO2S. The van der Waals surface area contributed by atoms with Gasteiger partial charge in [-0.1, -0.05) is 56.2 Å². The zero-order valence-corrected chi connectivity index (χ0v) is 12.8. The van der Waals surface area contributed by atoms with Crippen molar-refractivity contribution in [3.05, 3.63) is 69.3 Å². The molecule has 1 heterocycles. The Balaban J connectivity index is 2.78. The van der Waals surface area contributed by atoms with Crippen molar-refractivity contribution in [1.29, 1.82) is 0 Å². The van der Waals surface area contributed by atoms with Crippen LogP contribution in [-0.4, -0.2) is 17.2 Å². The first kappa shape index (κ1) is 15.5. The lowest BCUT2D eigenvalue weighted by Gasteiger charge is -2.05. The molecule has 4 heteroatoms. The van der Waals surface area contributed by atoms with Gasteiger partial charge in [-0.15, -0.1) is 11.3 Å². The first-order valence-electron chi connectivity index (χ1n) is 6.53. The largest absolute Gasteiger partial charge is 0.488 e. The number of thiophene rings is 1. The molecule has 2 N–H and O–H groups in total. The minimum absolute atomic E-state index is 0.453. The second kappa shape index (κ2) is 6.27. The molecule has 0 spiro atoms. The predicted molar refractivity (Wildman–Crippen MR) is 92.9 cm³/mol. The average Bonchev–Trinajstić information content (AvgIpc) is 2.77. The van der Waals surface area contributed by atoms with Gasteiger partial charge in [-0.2, -0.15) is 0 Å². The van der Waals surface area contributed by atoms with Crippen LogP contribution in [0.2, 0.25) is 0 Å². The van der Waals surface area contributed by atoms with E-state index in [1.807, 2.05) is 19.1 Å². The molecule has 0 atom stereocenters. The SMILES string of the molecule is C=C/C(c1cccc(B(O)O)c1)=c1/sc(C=C)c(C)c1=C. The third-order valence-corrected chi connectivity index (χ3v) is 4.80. The molecule has 0 radical (unpaired) electrons. The monoisotopic (exact) mass is 296 g/mol. The Morgan fingerprint density at radius 3 is 2.52 bits per heavy atom. The van der Waals surface area contributed by atoms with Gasteiger partial charge in [0.25, 0.3) is 0 Å². The van der Waals surface area contributed by atoms with Crippen molar-refractivity contribution in [3.8, 4) is 0 Å². The van der Waals surface area contributed by atoms with E-state index in [1.165, 1.54) is 0 Å². The maximum atomic E-state index is 9.31. The van der Waals surface area contributed by atoms with Crippen molar-refractivity contribution in [2.24, 2.45) is 0 Å². The summed E-state index contributed by atoms with van der Waals surface area (Å²) in [7, 11) is -1.48. The molecule has 0 saturated heterocycles. The third-order valence-electron chi connectivity index (χ3n) is 3.44. The molecule has 2 aromatic rings. The molecular weight excluding hydrogens is 279 g/mol. The first-order chi connectivity index (χ1) is 9.99. The standard InChI is InChI=1S/C17H17BO2S/c1-5-15(13-8-7-9-14(10-13)18(19)20)17-12(4)11(3)16(6-2)21-17/h5-10,19-20H,1-2,4H2,3H3/b17-15-. The van der Waals surface area contributed by atoms with Crippen LogP contribution in [0, 0.1) is 6.92 Å². The molecule has 0 aliphatic carbocycles. The topological polar surface area (TPSA) is 40.5 Å². The highest BCUT2D eigenvalue weighted by atomic mass is 32.1. The highest BCUT2D eigenvalue weighted by molar-refractivity contribution is 7.11. The first-order valence-corrected chi connectivity index (χ1v) is 7.35. The van der Waals surface area contributed by atoms with Crippen molar-refractivity contribution < 1.29 is 10.0 Å². The molecule has 1 aromatic heterocycles. The van der Waals surface area contributed by atoms with Crippen molar-refractivity contribution in [3.63, 3.8) is 0 Å². The summed E-state index contributed by atoms with van der Waals surface area (Å²) in [4.78, 5) is 1.09. The quantitative estimate of drug-likeness (QED) is 0.832. The van der Waals surface area contributed by atoms with Crippen LogP contribution in [0.25, 0.3) is 18.2 Å². The Kier molecular flexibility index (Phi) is 4.63. The molecule has 0 saturated carbocycles. The van der Waals surface area contributed by atoms with E-state index in [0.717, 1.165) is 31.3 Å². The third kappa shape index (κ3) is 2.93. The molecule has 2 rings (SSSR count). The van der Waals surface area contributed by atoms with Crippen LogP contribution in [0.15, 0.2) is 43.5 Å². The van der Waals surface area contributed by atoms with Gasteiger partial charge >= 0.3 is 7.12 Å². The summed E-state index contributed by atoms with van der Waals surface area (Å²) < 4.78 is 1.03. The van der Waals surface area contributed by atoms with Crippen LogP contribution in [0.3, 0.4) is 0 Å². The second-order valence-electron chi connectivity index (χ2n) is 4.72. The number of allylic oxidation sites excluding steroid dienone is 1. The fourth-order valence-corrected chi connectivity index (χ4v) is 3.35. The van der Waals surface area contributed by atoms with Gasteiger partial charge in [-0.3, -0.25) is 0 Å². The van der Waals surface area contributed by atoms with Gasteiger partial charge in [0.1, 0.15) is 0 Å². The lowest BCUT2D eigenvalue weighted by molar-refractivity contribution is 0.426. The van der Waals surface area contributed by atoms with Crippen molar-refractivity contribution >= 4 is 42.1 Å². The summed E-state index contributed by atoms with van der Waals surface area (Å²) in [6, 6.07) is 7.15. The number of hydrogen-bond donors (Lipinski definition) is 2. The van der Waals surface area contributed by atoms with E-state index in [4.69, 9.17) is 0 Å². The van der Waals surface area contributed by atoms with E-state index in [1.54, 1.807) is 35.6 Å². The van der Waals surface area contributed by atoms with Crippen LogP contribution < -0.4 is 15.2 Å². The molecule has 2 nitrogen and oxygen atoms in total. The number of benzene rings is 1. The zero-order chi connectivity index (χ0) is 15.6. The van der Waals surface area contributed by atoms with E-state index >= 15 is 0 Å². The van der Waals surface area contributed by atoms with Crippen LogP contribution in [-0.2, 0) is 0 Å². The molecule has 0 fully saturated rings. The van der Waals surface area contributed by atoms with Crippen molar-refractivity contribution in [2.75, 3.05) is 0 Å². The smallest absolute Gasteiger partial charge is 0.423 e. The maximum Gasteiger partial charge on any atom is 0.488 e. The maximum absolute atomic E-state index is 9.31. The molecule has 0 amide bonds. The van der Waals surface area contributed by atoms with Crippen LogP contribution in [0.1, 0.15) is 16.0 Å². The van der Waals surface area contributed by atoms with Crippen LogP contribution >= 0.6 is 11.3 Å². The van der Waals surface area contributed by atoms with Gasteiger partial charge in [-0.25, -0.2) is 0 Å². The summed E-state index contributed by atoms with van der Waals surface area (Å²) in [5.41, 5.74) is 3.39. The highest BCUT2D eigenvalue weighted by Gasteiger charge is 2.12. The Morgan fingerprint density at radius 2 is 2.00 bits per heavy atom. The second-order valence-corrected chi connectivity index (χ2v) is 5.77. The van der Waals surface area contributed by atoms with E-state index in [2.05, 4.69) is 19.7 Å². The Morgan fingerprint density at radius 1 is 1.29 bits per heavy atom. The summed E-state index contributed by atoms with van der Waals surface area (Å²) in [5, 5.41) is 19.6. The van der Waals surface area contributed by atoms with E-state index < -0.39 is 7.12 Å². The lowest BCUT2D eigenvalue weighted by Crippen LogP contribution is -2.30. The fraction of sp³-hybridized carbons (Fsp3) is 0.0588. The van der Waals surface area contributed by atoms with E-state index in [9.17, 15) is 10.0 Å². The van der Waals surface area contributed by atoms with Crippen molar-refractivity contribution in [2.45, 2.75) is 6.92 Å². The molecule has 0 bridgehead atoms. The Hall–Kier alpha value is -1.88. The highest BCUT2D eigenvalue weighted by Crippen LogP contribution is 2.15. The normalized spacial score (nSPS) is 12.0. The van der Waals surface area contributed by atoms with Crippen LogP contribution in [0.4, 0.5) is 0 Å². The summed E-state index contributed by atoms with van der Waals surface area (Å²) in [6.07, 6.45) is 3.60. The predicted octanol–water partition coefficient (Wildman–Crippen LogP) is 1.17. The molecule has 0 aliphatic heterocycles. The van der Waals surface area contributed by atoms with Gasteiger partial charge in [0.15, 0.2) is 0 Å². The Bertz CT molecular complexity index is 803. The molecule has 0 unspecified atom stereocenters. The lowest BCUT2D eigenvalue weighted by atomic mass is 9.79. The average molecular weight is 296 g/mol. The molecule has 0 aliphatic rings. The molecule has 106 valence electrons. The molecule has 21 heavy (non-hydrogen) atoms. The minimum atomic E-state index is -1.48. The Labute approximate surface area is 128 Å². The summed E-state index contributed by atoms with van der Waals surface area (Å²) in [6.45, 7) is 13.9. The number of hydrogen-bond acceptors (Lipinski definition) is 3. The van der Waals surface area contributed by atoms with Gasteiger partial charge in [0.05, 0.1) is 0 Å². The van der Waals surface area contributed by atoms with Gasteiger partial charge in [0.2, 0.25) is 0 Å². The van der Waals surface area contributed by atoms with Gasteiger partial charge < -0.3 is 10.0 Å². The minimum Gasteiger partial charge on any atom is -0.423 e. The summed E-state index contributed by atoms with van der Waals surface area (Å²) >= 11 is 1.61. The van der Waals surface area contributed by atoms with E-state index in [0.29, 0.717) is 5.46 Å². The zero-order valence-electron chi connectivity index (χ0n) is 12.0. The summed E-state index contributed by atoms with van der Waals surface area (Å²) in [5.74, 6) is 0. The van der Waals surface area contributed by atoms with Gasteiger partial charge in [0, 0.05) is 9.41 Å². The van der Waals surface area contributed by atoms with Gasteiger partial charge in [-0.05, 0) is 34.3 Å².